The monoisotopic (exact) mass is 292 g/mol. The fourth-order valence-corrected chi connectivity index (χ4v) is 3.98. The summed E-state index contributed by atoms with van der Waals surface area (Å²) < 4.78 is 0. The van der Waals surface area contributed by atoms with Gasteiger partial charge in [-0.15, -0.1) is 6.58 Å². The van der Waals surface area contributed by atoms with Crippen molar-refractivity contribution in [1.82, 2.24) is 0 Å². The highest BCUT2D eigenvalue weighted by atomic mass is 28.3. The third-order valence-corrected chi connectivity index (χ3v) is 5.56. The average Bonchev–Trinajstić information content (AvgIpc) is 2.36. The van der Waals surface area contributed by atoms with Crippen LogP contribution in [0.3, 0.4) is 0 Å². The fraction of sp³-hybridized carbons (Fsp3) is 0.667. The molecular weight excluding hydrogens is 260 g/mol. The van der Waals surface area contributed by atoms with Gasteiger partial charge in [-0.25, -0.2) is 4.79 Å². The van der Waals surface area contributed by atoms with E-state index in [0.29, 0.717) is 0 Å². The molecule has 0 atom stereocenters. The number of hydrogen-bond acceptors (Lipinski definition) is 1. The normalized spacial score (nSPS) is 12.1. The SMILES string of the molecule is C=CCCCCCCCC/C=C(/C)C(=C=O)[Si](C)(C)C. The summed E-state index contributed by atoms with van der Waals surface area (Å²) >= 11 is 0. The second kappa shape index (κ2) is 10.9. The van der Waals surface area contributed by atoms with Gasteiger partial charge in [0.25, 0.3) is 0 Å². The van der Waals surface area contributed by atoms with Crippen LogP contribution in [0.1, 0.15) is 58.3 Å². The van der Waals surface area contributed by atoms with Gasteiger partial charge in [0.2, 0.25) is 0 Å². The Morgan fingerprint density at radius 3 is 1.95 bits per heavy atom. The molecule has 0 aromatic carbocycles. The Morgan fingerprint density at radius 1 is 1.00 bits per heavy atom. The molecule has 0 aliphatic heterocycles. The first-order valence-corrected chi connectivity index (χ1v) is 11.5. The minimum Gasteiger partial charge on any atom is -0.234 e. The quantitative estimate of drug-likeness (QED) is 0.153. The van der Waals surface area contributed by atoms with Crippen LogP contribution in [0.4, 0.5) is 0 Å². The third kappa shape index (κ3) is 9.11. The standard InChI is InChI=1S/C18H32OSi/c1-6-7-8-9-10-11-12-13-14-15-17(2)18(16-19)20(3,4)5/h6,15H,1,7-14H2,2-5H3/b17-15-. The van der Waals surface area contributed by atoms with E-state index in [1.54, 1.807) is 0 Å². The largest absolute Gasteiger partial charge is 0.234 e. The highest BCUT2D eigenvalue weighted by molar-refractivity contribution is 6.85. The number of allylic oxidation sites excluding steroid dienone is 4. The molecule has 0 spiro atoms. The predicted molar refractivity (Wildman–Crippen MR) is 93.4 cm³/mol. The Labute approximate surface area is 126 Å². The Bertz CT molecular complexity index is 354. The molecule has 0 aromatic heterocycles. The summed E-state index contributed by atoms with van der Waals surface area (Å²) in [6.07, 6.45) is 14.3. The molecule has 0 aromatic rings. The van der Waals surface area contributed by atoms with Crippen LogP contribution in [0.15, 0.2) is 29.5 Å². The zero-order chi connectivity index (χ0) is 15.4. The zero-order valence-electron chi connectivity index (χ0n) is 13.9. The van der Waals surface area contributed by atoms with E-state index in [1.165, 1.54) is 38.5 Å². The Hall–Kier alpha value is -0.853. The molecule has 0 saturated heterocycles. The van der Waals surface area contributed by atoms with Gasteiger partial charge >= 0.3 is 0 Å². The first kappa shape index (κ1) is 19.1. The van der Waals surface area contributed by atoms with E-state index >= 15 is 0 Å². The molecule has 0 bridgehead atoms. The summed E-state index contributed by atoms with van der Waals surface area (Å²) in [5.74, 6) is 2.17. The van der Waals surface area contributed by atoms with E-state index < -0.39 is 8.07 Å². The lowest BCUT2D eigenvalue weighted by Gasteiger charge is -2.17. The summed E-state index contributed by atoms with van der Waals surface area (Å²) in [5, 5.41) is 0.946. The van der Waals surface area contributed by atoms with E-state index in [0.717, 1.165) is 23.6 Å². The van der Waals surface area contributed by atoms with Gasteiger partial charge in [-0.3, -0.25) is 0 Å². The van der Waals surface area contributed by atoms with Crippen LogP contribution in [0, 0.1) is 0 Å². The van der Waals surface area contributed by atoms with E-state index in [1.807, 2.05) is 6.08 Å². The molecule has 0 saturated carbocycles. The van der Waals surface area contributed by atoms with Crippen LogP contribution in [0.5, 0.6) is 0 Å². The van der Waals surface area contributed by atoms with E-state index in [-0.39, 0.29) is 0 Å². The van der Waals surface area contributed by atoms with Crippen LogP contribution < -0.4 is 0 Å². The topological polar surface area (TPSA) is 17.1 Å². The zero-order valence-corrected chi connectivity index (χ0v) is 14.9. The lowest BCUT2D eigenvalue weighted by Crippen LogP contribution is -2.25. The molecular formula is C18H32OSi. The number of unbranched alkanes of at least 4 members (excludes halogenated alkanes) is 7. The van der Waals surface area contributed by atoms with Crippen LogP contribution in [0.2, 0.25) is 19.6 Å². The maximum atomic E-state index is 11.1. The van der Waals surface area contributed by atoms with Gasteiger partial charge in [-0.05, 0) is 38.2 Å². The van der Waals surface area contributed by atoms with Gasteiger partial charge in [-0.1, -0.05) is 57.5 Å². The Balaban J connectivity index is 3.85. The molecule has 0 fully saturated rings. The van der Waals surface area contributed by atoms with Gasteiger partial charge in [0.15, 0.2) is 0 Å². The summed E-state index contributed by atoms with van der Waals surface area (Å²) in [7, 11) is -1.53. The molecule has 0 rings (SSSR count). The van der Waals surface area contributed by atoms with Crippen molar-refractivity contribution in [3.8, 4) is 0 Å². The number of carbonyl (C=O) groups excluding carboxylic acids is 1. The molecule has 0 N–H and O–H groups in total. The van der Waals surface area contributed by atoms with Crippen molar-refractivity contribution in [3.63, 3.8) is 0 Å². The van der Waals surface area contributed by atoms with E-state index in [4.69, 9.17) is 0 Å². The lowest BCUT2D eigenvalue weighted by molar-refractivity contribution is 0.568. The highest BCUT2D eigenvalue weighted by Crippen LogP contribution is 2.20. The fourth-order valence-electron chi connectivity index (χ4n) is 2.39. The minimum atomic E-state index is -1.53. The first-order valence-electron chi connectivity index (χ1n) is 7.97. The van der Waals surface area contributed by atoms with E-state index in [2.05, 4.69) is 45.2 Å². The Kier molecular flexibility index (Phi) is 10.4. The molecule has 0 amide bonds. The van der Waals surface area contributed by atoms with Crippen LogP contribution in [-0.4, -0.2) is 14.0 Å². The maximum absolute atomic E-state index is 11.1. The van der Waals surface area contributed by atoms with Crippen molar-refractivity contribution in [2.24, 2.45) is 0 Å². The minimum absolute atomic E-state index is 0.946. The average molecular weight is 293 g/mol. The molecule has 0 aliphatic rings. The molecule has 0 heterocycles. The molecule has 20 heavy (non-hydrogen) atoms. The summed E-state index contributed by atoms with van der Waals surface area (Å²) in [4.78, 5) is 11.1. The molecule has 0 unspecified atom stereocenters. The summed E-state index contributed by atoms with van der Waals surface area (Å²) in [6.45, 7) is 12.4. The second-order valence-corrected chi connectivity index (χ2v) is 11.6. The van der Waals surface area contributed by atoms with Crippen molar-refractivity contribution in [1.29, 1.82) is 0 Å². The lowest BCUT2D eigenvalue weighted by atomic mass is 10.1. The molecule has 114 valence electrons. The van der Waals surface area contributed by atoms with Gasteiger partial charge in [-0.2, -0.15) is 0 Å². The van der Waals surface area contributed by atoms with Gasteiger partial charge in [0, 0.05) is 5.20 Å². The number of hydrogen-bond donors (Lipinski definition) is 0. The maximum Gasteiger partial charge on any atom is 0.123 e. The summed E-state index contributed by atoms with van der Waals surface area (Å²) in [5.41, 5.74) is 1.16. The van der Waals surface area contributed by atoms with Crippen molar-refractivity contribution in [2.75, 3.05) is 0 Å². The second-order valence-electron chi connectivity index (χ2n) is 6.60. The molecule has 0 aliphatic carbocycles. The van der Waals surface area contributed by atoms with Gasteiger partial charge in [0.1, 0.15) is 5.94 Å². The first-order chi connectivity index (χ1) is 9.43. The van der Waals surface area contributed by atoms with Crippen molar-refractivity contribution in [2.45, 2.75) is 77.9 Å². The van der Waals surface area contributed by atoms with Crippen LogP contribution >= 0.6 is 0 Å². The van der Waals surface area contributed by atoms with Gasteiger partial charge < -0.3 is 0 Å². The molecule has 1 nitrogen and oxygen atoms in total. The number of rotatable bonds is 11. The van der Waals surface area contributed by atoms with Crippen molar-refractivity contribution >= 4 is 14.0 Å². The van der Waals surface area contributed by atoms with Crippen LogP contribution in [0.25, 0.3) is 0 Å². The Morgan fingerprint density at radius 2 is 1.50 bits per heavy atom. The van der Waals surface area contributed by atoms with E-state index in [9.17, 15) is 4.79 Å². The smallest absolute Gasteiger partial charge is 0.123 e. The summed E-state index contributed by atoms with van der Waals surface area (Å²) in [6, 6.07) is 0. The molecule has 0 radical (unpaired) electrons. The van der Waals surface area contributed by atoms with Crippen LogP contribution in [-0.2, 0) is 4.79 Å². The van der Waals surface area contributed by atoms with Gasteiger partial charge in [0.05, 0.1) is 8.07 Å². The third-order valence-electron chi connectivity index (χ3n) is 3.56. The predicted octanol–water partition coefficient (Wildman–Crippen LogP) is 5.87. The highest BCUT2D eigenvalue weighted by Gasteiger charge is 2.21. The van der Waals surface area contributed by atoms with Crippen molar-refractivity contribution in [3.05, 3.63) is 29.5 Å². The van der Waals surface area contributed by atoms with Crippen molar-refractivity contribution < 1.29 is 4.79 Å². The molecule has 2 heteroatoms.